The summed E-state index contributed by atoms with van der Waals surface area (Å²) in [6, 6.07) is 1.44. The Hall–Kier alpha value is -2.05. The van der Waals surface area contributed by atoms with Crippen molar-refractivity contribution < 1.29 is 8.78 Å². The van der Waals surface area contributed by atoms with Crippen molar-refractivity contribution >= 4 is 5.82 Å². The number of nitrogens with two attached hydrogens (primary N) is 1. The SMILES string of the molecule is Nc1ccn(-c2ncnc(F)c2F)n1. The van der Waals surface area contributed by atoms with Gasteiger partial charge in [-0.2, -0.15) is 8.78 Å². The van der Waals surface area contributed by atoms with Crippen LogP contribution >= 0.6 is 0 Å². The third-order valence-corrected chi connectivity index (χ3v) is 1.56. The summed E-state index contributed by atoms with van der Waals surface area (Å²) in [4.78, 5) is 6.59. The molecular weight excluding hydrogens is 192 g/mol. The Morgan fingerprint density at radius 1 is 1.29 bits per heavy atom. The summed E-state index contributed by atoms with van der Waals surface area (Å²) in [5.74, 6) is -2.45. The van der Waals surface area contributed by atoms with E-state index >= 15 is 0 Å². The lowest BCUT2D eigenvalue weighted by Gasteiger charge is -2.00. The van der Waals surface area contributed by atoms with Gasteiger partial charge < -0.3 is 5.73 Å². The van der Waals surface area contributed by atoms with Crippen molar-refractivity contribution in [2.24, 2.45) is 0 Å². The lowest BCUT2D eigenvalue weighted by Crippen LogP contribution is -2.05. The monoisotopic (exact) mass is 197 g/mol. The van der Waals surface area contributed by atoms with Crippen LogP contribution in [0.4, 0.5) is 14.6 Å². The van der Waals surface area contributed by atoms with Crippen LogP contribution in [0.25, 0.3) is 5.82 Å². The van der Waals surface area contributed by atoms with E-state index in [0.29, 0.717) is 0 Å². The Labute approximate surface area is 77.2 Å². The van der Waals surface area contributed by atoms with E-state index in [9.17, 15) is 8.78 Å². The summed E-state index contributed by atoms with van der Waals surface area (Å²) in [6.45, 7) is 0. The molecule has 2 aromatic rings. The van der Waals surface area contributed by atoms with Crippen LogP contribution in [0.15, 0.2) is 18.6 Å². The highest BCUT2D eigenvalue weighted by molar-refractivity contribution is 5.29. The Morgan fingerprint density at radius 3 is 2.71 bits per heavy atom. The van der Waals surface area contributed by atoms with Gasteiger partial charge in [0.1, 0.15) is 12.1 Å². The van der Waals surface area contributed by atoms with Crippen LogP contribution in [0.1, 0.15) is 0 Å². The maximum Gasteiger partial charge on any atom is 0.254 e. The predicted octanol–water partition coefficient (Wildman–Crippen LogP) is 0.523. The average molecular weight is 197 g/mol. The molecule has 0 amide bonds. The molecule has 72 valence electrons. The van der Waals surface area contributed by atoms with Gasteiger partial charge in [0.15, 0.2) is 5.82 Å². The number of nitrogens with zero attached hydrogens (tertiary/aromatic N) is 4. The standard InChI is InChI=1S/C7H5F2N5/c8-5-6(9)11-3-12-7(5)14-2-1-4(10)13-14/h1-3H,(H2,10,13). The summed E-state index contributed by atoms with van der Waals surface area (Å²) in [5.41, 5.74) is 5.31. The second-order valence-electron chi connectivity index (χ2n) is 2.49. The minimum absolute atomic E-state index is 0.198. The molecule has 0 fully saturated rings. The highest BCUT2D eigenvalue weighted by Crippen LogP contribution is 2.11. The van der Waals surface area contributed by atoms with E-state index < -0.39 is 11.8 Å². The first kappa shape index (κ1) is 8.54. The number of rotatable bonds is 1. The second kappa shape index (κ2) is 3.02. The predicted molar refractivity (Wildman–Crippen MR) is 43.5 cm³/mol. The number of halogens is 2. The summed E-state index contributed by atoms with van der Waals surface area (Å²) in [5, 5.41) is 3.68. The van der Waals surface area contributed by atoms with Gasteiger partial charge in [0.25, 0.3) is 5.95 Å². The molecule has 0 radical (unpaired) electrons. The van der Waals surface area contributed by atoms with Crippen LogP contribution < -0.4 is 5.73 Å². The van der Waals surface area contributed by atoms with E-state index in [-0.39, 0.29) is 11.6 Å². The molecule has 0 aliphatic heterocycles. The van der Waals surface area contributed by atoms with Crippen molar-refractivity contribution in [3.8, 4) is 5.82 Å². The largest absolute Gasteiger partial charge is 0.382 e. The van der Waals surface area contributed by atoms with E-state index in [2.05, 4.69) is 15.1 Å². The molecule has 5 nitrogen and oxygen atoms in total. The van der Waals surface area contributed by atoms with E-state index in [0.717, 1.165) is 11.0 Å². The highest BCUT2D eigenvalue weighted by Gasteiger charge is 2.12. The molecule has 7 heteroatoms. The van der Waals surface area contributed by atoms with E-state index in [1.807, 2.05) is 0 Å². The lowest BCUT2D eigenvalue weighted by atomic mass is 10.5. The molecule has 0 saturated carbocycles. The molecule has 2 aromatic heterocycles. The van der Waals surface area contributed by atoms with Gasteiger partial charge in [0.2, 0.25) is 5.82 Å². The zero-order valence-electron chi connectivity index (χ0n) is 6.85. The maximum atomic E-state index is 13.1. The second-order valence-corrected chi connectivity index (χ2v) is 2.49. The van der Waals surface area contributed by atoms with Crippen LogP contribution in [-0.2, 0) is 0 Å². The first-order chi connectivity index (χ1) is 6.68. The fraction of sp³-hybridized carbons (Fsp3) is 0. The number of anilines is 1. The van der Waals surface area contributed by atoms with Gasteiger partial charge in [0, 0.05) is 12.3 Å². The molecule has 0 aliphatic rings. The quantitative estimate of drug-likeness (QED) is 0.676. The summed E-state index contributed by atoms with van der Waals surface area (Å²) < 4.78 is 26.8. The van der Waals surface area contributed by atoms with Crippen LogP contribution in [0.3, 0.4) is 0 Å². The average Bonchev–Trinajstić information content (AvgIpc) is 2.57. The molecule has 0 aromatic carbocycles. The van der Waals surface area contributed by atoms with Crippen LogP contribution in [0.5, 0.6) is 0 Å². The smallest absolute Gasteiger partial charge is 0.254 e. The molecule has 2 heterocycles. The Balaban J connectivity index is 2.57. The van der Waals surface area contributed by atoms with Gasteiger partial charge in [-0.25, -0.2) is 14.6 Å². The summed E-state index contributed by atoms with van der Waals surface area (Å²) in [7, 11) is 0. The van der Waals surface area contributed by atoms with Crippen LogP contribution in [0.2, 0.25) is 0 Å². The normalized spacial score (nSPS) is 10.4. The minimum Gasteiger partial charge on any atom is -0.382 e. The van der Waals surface area contributed by atoms with E-state index in [1.54, 1.807) is 0 Å². The van der Waals surface area contributed by atoms with Crippen molar-refractivity contribution in [2.75, 3.05) is 5.73 Å². The van der Waals surface area contributed by atoms with Crippen molar-refractivity contribution in [2.45, 2.75) is 0 Å². The third kappa shape index (κ3) is 1.28. The lowest BCUT2D eigenvalue weighted by molar-refractivity contribution is 0.465. The molecule has 0 unspecified atom stereocenters. The fourth-order valence-corrected chi connectivity index (χ4v) is 0.956. The Kier molecular flexibility index (Phi) is 1.84. The van der Waals surface area contributed by atoms with Gasteiger partial charge in [-0.15, -0.1) is 5.10 Å². The van der Waals surface area contributed by atoms with Gasteiger partial charge in [-0.05, 0) is 0 Å². The zero-order valence-corrected chi connectivity index (χ0v) is 6.85. The molecular formula is C7H5F2N5. The first-order valence-electron chi connectivity index (χ1n) is 3.66. The minimum atomic E-state index is -1.22. The van der Waals surface area contributed by atoms with E-state index in [1.165, 1.54) is 12.3 Å². The first-order valence-corrected chi connectivity index (χ1v) is 3.66. The number of nitrogen functional groups attached to an aromatic ring is 1. The highest BCUT2D eigenvalue weighted by atomic mass is 19.2. The van der Waals surface area contributed by atoms with Crippen LogP contribution in [0, 0.1) is 11.8 Å². The van der Waals surface area contributed by atoms with Crippen molar-refractivity contribution in [1.29, 1.82) is 0 Å². The molecule has 0 saturated heterocycles. The Morgan fingerprint density at radius 2 is 2.07 bits per heavy atom. The van der Waals surface area contributed by atoms with E-state index in [4.69, 9.17) is 5.73 Å². The molecule has 0 spiro atoms. The van der Waals surface area contributed by atoms with Gasteiger partial charge in [-0.1, -0.05) is 0 Å². The summed E-state index contributed by atoms with van der Waals surface area (Å²) >= 11 is 0. The van der Waals surface area contributed by atoms with Crippen molar-refractivity contribution in [1.82, 2.24) is 19.7 Å². The van der Waals surface area contributed by atoms with Crippen molar-refractivity contribution in [3.05, 3.63) is 30.4 Å². The molecule has 2 N–H and O–H groups in total. The fourth-order valence-electron chi connectivity index (χ4n) is 0.956. The van der Waals surface area contributed by atoms with Gasteiger partial charge in [0.05, 0.1) is 0 Å². The number of aromatic nitrogens is 4. The number of hydrogen-bond donors (Lipinski definition) is 1. The number of hydrogen-bond acceptors (Lipinski definition) is 4. The molecule has 2 rings (SSSR count). The molecule has 14 heavy (non-hydrogen) atoms. The Bertz CT molecular complexity index is 467. The van der Waals surface area contributed by atoms with Crippen molar-refractivity contribution in [3.63, 3.8) is 0 Å². The van der Waals surface area contributed by atoms with Crippen LogP contribution in [-0.4, -0.2) is 19.7 Å². The topological polar surface area (TPSA) is 69.6 Å². The molecule has 0 aliphatic carbocycles. The van der Waals surface area contributed by atoms with Gasteiger partial charge >= 0.3 is 0 Å². The maximum absolute atomic E-state index is 13.1. The molecule has 0 bridgehead atoms. The zero-order chi connectivity index (χ0) is 10.1. The third-order valence-electron chi connectivity index (χ3n) is 1.56. The van der Waals surface area contributed by atoms with Gasteiger partial charge in [-0.3, -0.25) is 0 Å². The molecule has 0 atom stereocenters. The summed E-state index contributed by atoms with van der Waals surface area (Å²) in [6.07, 6.45) is 2.28.